The molecule has 1 heterocycles. The van der Waals surface area contributed by atoms with Gasteiger partial charge in [-0.3, -0.25) is 0 Å². The Bertz CT molecular complexity index is 1020. The summed E-state index contributed by atoms with van der Waals surface area (Å²) in [5, 5.41) is 6.36. The maximum atomic E-state index is 13.3. The molecule has 0 aliphatic heterocycles. The number of anilines is 4. The molecule has 4 rings (SSSR count). The minimum atomic E-state index is -0.463. The summed E-state index contributed by atoms with van der Waals surface area (Å²) in [6.45, 7) is 2.14. The van der Waals surface area contributed by atoms with Crippen LogP contribution in [0, 0.1) is 5.82 Å². The van der Waals surface area contributed by atoms with Gasteiger partial charge >= 0.3 is 0 Å². The Kier molecular flexibility index (Phi) is 4.31. The Morgan fingerprint density at radius 3 is 2.69 bits per heavy atom. The summed E-state index contributed by atoms with van der Waals surface area (Å²) in [6, 6.07) is 12.5. The van der Waals surface area contributed by atoms with Gasteiger partial charge in [0.15, 0.2) is 0 Å². The van der Waals surface area contributed by atoms with Crippen LogP contribution in [0.15, 0.2) is 54.2 Å². The van der Waals surface area contributed by atoms with Crippen LogP contribution in [0.1, 0.15) is 18.1 Å². The van der Waals surface area contributed by atoms with Gasteiger partial charge in [0.25, 0.3) is 0 Å². The number of fused-ring (bicyclic) bond motifs is 1. The van der Waals surface area contributed by atoms with Crippen molar-refractivity contribution in [2.75, 3.05) is 10.6 Å². The number of hydrogen-bond acceptors (Lipinski definition) is 4. The number of benzene rings is 2. The number of nitrogens with zero attached hydrogens (tertiary/aromatic N) is 2. The van der Waals surface area contributed by atoms with Gasteiger partial charge in [-0.05, 0) is 60.9 Å². The third kappa shape index (κ3) is 3.53. The Morgan fingerprint density at radius 2 is 1.85 bits per heavy atom. The lowest BCUT2D eigenvalue weighted by atomic mass is 10.1. The van der Waals surface area contributed by atoms with Crippen molar-refractivity contribution in [2.45, 2.75) is 13.3 Å². The molecule has 0 fully saturated rings. The minimum Gasteiger partial charge on any atom is -0.340 e. The first-order valence-electron chi connectivity index (χ1n) is 8.19. The van der Waals surface area contributed by atoms with Crippen molar-refractivity contribution in [1.29, 1.82) is 0 Å². The van der Waals surface area contributed by atoms with Crippen LogP contribution in [-0.2, 0) is 6.42 Å². The zero-order chi connectivity index (χ0) is 18.1. The van der Waals surface area contributed by atoms with E-state index in [4.69, 9.17) is 11.6 Å². The van der Waals surface area contributed by atoms with E-state index in [0.717, 1.165) is 12.1 Å². The molecule has 130 valence electrons. The molecule has 0 amide bonds. The van der Waals surface area contributed by atoms with E-state index < -0.39 is 5.82 Å². The van der Waals surface area contributed by atoms with E-state index >= 15 is 0 Å². The largest absolute Gasteiger partial charge is 0.340 e. The van der Waals surface area contributed by atoms with Crippen LogP contribution >= 0.6 is 11.6 Å². The predicted molar refractivity (Wildman–Crippen MR) is 104 cm³/mol. The van der Waals surface area contributed by atoms with Gasteiger partial charge in [0.05, 0.1) is 5.02 Å². The van der Waals surface area contributed by atoms with Crippen LogP contribution in [0.5, 0.6) is 0 Å². The molecule has 0 radical (unpaired) electrons. The Balaban J connectivity index is 1.53. The zero-order valence-electron chi connectivity index (χ0n) is 14.1. The van der Waals surface area contributed by atoms with Crippen LogP contribution in [0.25, 0.3) is 6.08 Å². The summed E-state index contributed by atoms with van der Waals surface area (Å²) in [7, 11) is 0. The van der Waals surface area contributed by atoms with E-state index in [9.17, 15) is 4.39 Å². The summed E-state index contributed by atoms with van der Waals surface area (Å²) in [5.74, 6) is 0.596. The van der Waals surface area contributed by atoms with Gasteiger partial charge < -0.3 is 10.6 Å². The fraction of sp³-hybridized carbons (Fsp3) is 0.100. The van der Waals surface area contributed by atoms with Crippen molar-refractivity contribution in [3.63, 3.8) is 0 Å². The molecule has 3 aromatic rings. The number of hydrogen-bond donors (Lipinski definition) is 2. The van der Waals surface area contributed by atoms with Crippen LogP contribution in [0.4, 0.5) is 27.5 Å². The third-order valence-corrected chi connectivity index (χ3v) is 4.41. The molecule has 0 unspecified atom stereocenters. The lowest BCUT2D eigenvalue weighted by Gasteiger charge is -2.10. The van der Waals surface area contributed by atoms with Gasteiger partial charge in [-0.25, -0.2) is 9.37 Å². The number of halogens is 2. The molecular formula is C20H16ClFN4. The fourth-order valence-electron chi connectivity index (χ4n) is 2.92. The summed E-state index contributed by atoms with van der Waals surface area (Å²) in [5.41, 5.74) is 5.52. The van der Waals surface area contributed by atoms with E-state index in [1.165, 1.54) is 28.8 Å². The highest BCUT2D eigenvalue weighted by Gasteiger charge is 2.10. The van der Waals surface area contributed by atoms with E-state index in [1.807, 2.05) is 6.07 Å². The second kappa shape index (κ2) is 6.77. The molecule has 26 heavy (non-hydrogen) atoms. The van der Waals surface area contributed by atoms with Gasteiger partial charge in [0, 0.05) is 17.6 Å². The highest BCUT2D eigenvalue weighted by Crippen LogP contribution is 2.28. The molecule has 0 spiro atoms. The summed E-state index contributed by atoms with van der Waals surface area (Å²) in [6.07, 6.45) is 4.86. The second-order valence-corrected chi connectivity index (χ2v) is 6.63. The first-order chi connectivity index (χ1) is 12.6. The summed E-state index contributed by atoms with van der Waals surface area (Å²) >= 11 is 5.80. The maximum absolute atomic E-state index is 13.3. The zero-order valence-corrected chi connectivity index (χ0v) is 14.8. The van der Waals surface area contributed by atoms with E-state index in [-0.39, 0.29) is 5.02 Å². The van der Waals surface area contributed by atoms with Gasteiger partial charge in [-0.2, -0.15) is 4.98 Å². The van der Waals surface area contributed by atoms with E-state index in [0.29, 0.717) is 17.5 Å². The first kappa shape index (κ1) is 16.5. The molecule has 4 nitrogen and oxygen atoms in total. The van der Waals surface area contributed by atoms with Gasteiger partial charge in [-0.1, -0.05) is 29.3 Å². The van der Waals surface area contributed by atoms with Gasteiger partial charge in [-0.15, -0.1) is 0 Å². The van der Waals surface area contributed by atoms with Crippen molar-refractivity contribution in [3.8, 4) is 0 Å². The van der Waals surface area contributed by atoms with Crippen LogP contribution in [0.3, 0.4) is 0 Å². The molecule has 1 aliphatic rings. The number of rotatable bonds is 4. The molecule has 6 heteroatoms. The maximum Gasteiger partial charge on any atom is 0.229 e. The Labute approximate surface area is 155 Å². The number of nitrogens with one attached hydrogen (secondary N) is 2. The van der Waals surface area contributed by atoms with Crippen molar-refractivity contribution < 1.29 is 4.39 Å². The SMILES string of the molecule is CC1=Cc2cc(Nc3ccnc(Nc4ccc(F)c(Cl)c4)n3)ccc2C1. The summed E-state index contributed by atoms with van der Waals surface area (Å²) < 4.78 is 13.3. The van der Waals surface area contributed by atoms with Gasteiger partial charge in [0.1, 0.15) is 11.6 Å². The highest BCUT2D eigenvalue weighted by molar-refractivity contribution is 6.31. The van der Waals surface area contributed by atoms with Crippen LogP contribution < -0.4 is 10.6 Å². The molecule has 0 saturated carbocycles. The Hall–Kier alpha value is -2.92. The molecule has 0 saturated heterocycles. The standard InChI is InChI=1S/C20H16ClFN4/c1-12-8-13-2-3-15(10-14(13)9-12)24-19-6-7-23-20(26-19)25-16-4-5-18(22)17(21)11-16/h2-7,9-11H,8H2,1H3,(H2,23,24,25,26). The van der Waals surface area contributed by atoms with Crippen molar-refractivity contribution in [3.05, 3.63) is 76.2 Å². The second-order valence-electron chi connectivity index (χ2n) is 6.23. The molecule has 1 aliphatic carbocycles. The normalized spacial score (nSPS) is 12.5. The molecule has 1 aromatic heterocycles. The van der Waals surface area contributed by atoms with Crippen molar-refractivity contribution in [2.24, 2.45) is 0 Å². The smallest absolute Gasteiger partial charge is 0.229 e. The number of aromatic nitrogens is 2. The number of allylic oxidation sites excluding steroid dienone is 1. The monoisotopic (exact) mass is 366 g/mol. The highest BCUT2D eigenvalue weighted by atomic mass is 35.5. The third-order valence-electron chi connectivity index (χ3n) is 4.12. The predicted octanol–water partition coefficient (Wildman–Crippen LogP) is 5.72. The van der Waals surface area contributed by atoms with Gasteiger partial charge in [0.2, 0.25) is 5.95 Å². The van der Waals surface area contributed by atoms with Crippen LogP contribution in [-0.4, -0.2) is 9.97 Å². The van der Waals surface area contributed by atoms with E-state index in [2.05, 4.69) is 45.7 Å². The van der Waals surface area contributed by atoms with E-state index in [1.54, 1.807) is 18.3 Å². The molecule has 0 bridgehead atoms. The average Bonchev–Trinajstić information content (AvgIpc) is 2.98. The average molecular weight is 367 g/mol. The molecule has 2 aromatic carbocycles. The summed E-state index contributed by atoms with van der Waals surface area (Å²) in [4.78, 5) is 8.63. The quantitative estimate of drug-likeness (QED) is 0.620. The van der Waals surface area contributed by atoms with Crippen molar-refractivity contribution >= 4 is 40.8 Å². The topological polar surface area (TPSA) is 49.8 Å². The fourth-order valence-corrected chi connectivity index (χ4v) is 3.10. The molecular weight excluding hydrogens is 351 g/mol. The Morgan fingerprint density at radius 1 is 1.04 bits per heavy atom. The lowest BCUT2D eigenvalue weighted by molar-refractivity contribution is 0.628. The lowest BCUT2D eigenvalue weighted by Crippen LogP contribution is -2.00. The van der Waals surface area contributed by atoms with Crippen molar-refractivity contribution in [1.82, 2.24) is 9.97 Å². The molecule has 0 atom stereocenters. The first-order valence-corrected chi connectivity index (χ1v) is 8.57. The minimum absolute atomic E-state index is 0.0470. The van der Waals surface area contributed by atoms with Crippen LogP contribution in [0.2, 0.25) is 5.02 Å². The molecule has 2 N–H and O–H groups in total.